The summed E-state index contributed by atoms with van der Waals surface area (Å²) in [5.41, 5.74) is 7.25. The predicted octanol–water partition coefficient (Wildman–Crippen LogP) is 6.16. The van der Waals surface area contributed by atoms with Gasteiger partial charge in [0.05, 0.1) is 40.5 Å². The lowest BCUT2D eigenvalue weighted by Crippen LogP contribution is -2.13. The van der Waals surface area contributed by atoms with Crippen LogP contribution in [0.15, 0.2) is 127 Å². The summed E-state index contributed by atoms with van der Waals surface area (Å²) in [5, 5.41) is 27.2. The number of nitriles is 2. The fraction of sp³-hybridized carbons (Fsp3) is 0.111. The summed E-state index contributed by atoms with van der Waals surface area (Å²) in [7, 11) is -3.69. The van der Waals surface area contributed by atoms with E-state index in [-0.39, 0.29) is 10.9 Å². The van der Waals surface area contributed by atoms with Crippen molar-refractivity contribution in [3.05, 3.63) is 150 Å². The Balaban J connectivity index is 0.000000186. The topological polar surface area (TPSA) is 153 Å². The Hall–Kier alpha value is -6.01. The van der Waals surface area contributed by atoms with Crippen molar-refractivity contribution in [2.24, 2.45) is 5.14 Å². The average Bonchev–Trinajstić information content (AvgIpc) is 3.76. The van der Waals surface area contributed by atoms with Crippen molar-refractivity contribution in [3.63, 3.8) is 0 Å². The number of ether oxygens (including phenoxy) is 1. The van der Waals surface area contributed by atoms with Gasteiger partial charge < -0.3 is 9.30 Å². The molecule has 0 aliphatic carbocycles. The molecule has 47 heavy (non-hydrogen) atoms. The van der Waals surface area contributed by atoms with Gasteiger partial charge in [-0.1, -0.05) is 24.3 Å². The van der Waals surface area contributed by atoms with Gasteiger partial charge in [-0.3, -0.25) is 0 Å². The lowest BCUT2D eigenvalue weighted by atomic mass is 9.97. The Kier molecular flexibility index (Phi) is 9.92. The molecular formula is C36H31N7O3S. The molecule has 0 fully saturated rings. The largest absolute Gasteiger partial charge is 0.494 e. The Labute approximate surface area is 273 Å². The minimum absolute atomic E-state index is 0.0998. The van der Waals surface area contributed by atoms with Crippen LogP contribution in [0.2, 0.25) is 0 Å². The molecule has 6 rings (SSSR count). The summed E-state index contributed by atoms with van der Waals surface area (Å²) >= 11 is 0. The molecule has 11 heteroatoms. The van der Waals surface area contributed by atoms with E-state index in [0.717, 1.165) is 39.4 Å². The van der Waals surface area contributed by atoms with Crippen molar-refractivity contribution in [2.75, 3.05) is 6.61 Å². The highest BCUT2D eigenvalue weighted by atomic mass is 32.2. The van der Waals surface area contributed by atoms with Crippen LogP contribution in [0.1, 0.15) is 40.8 Å². The van der Waals surface area contributed by atoms with E-state index in [1.165, 1.54) is 18.5 Å². The lowest BCUT2D eigenvalue weighted by molar-refractivity contribution is 0.340. The van der Waals surface area contributed by atoms with Gasteiger partial charge in [0.25, 0.3) is 0 Å². The van der Waals surface area contributed by atoms with Gasteiger partial charge >= 0.3 is 0 Å². The van der Waals surface area contributed by atoms with Crippen molar-refractivity contribution >= 4 is 10.0 Å². The third kappa shape index (κ3) is 7.81. The third-order valence-corrected chi connectivity index (χ3v) is 8.20. The first-order valence-corrected chi connectivity index (χ1v) is 16.1. The molecule has 10 nitrogen and oxygen atoms in total. The molecule has 0 aliphatic rings. The van der Waals surface area contributed by atoms with E-state index in [2.05, 4.69) is 28.3 Å². The van der Waals surface area contributed by atoms with Gasteiger partial charge in [0.15, 0.2) is 0 Å². The van der Waals surface area contributed by atoms with Crippen LogP contribution >= 0.6 is 0 Å². The first-order chi connectivity index (χ1) is 22.7. The van der Waals surface area contributed by atoms with Crippen LogP contribution < -0.4 is 9.88 Å². The third-order valence-electron chi connectivity index (χ3n) is 7.27. The highest BCUT2D eigenvalue weighted by molar-refractivity contribution is 7.89. The summed E-state index contributed by atoms with van der Waals surface area (Å²) in [6, 6.07) is 35.3. The number of aromatic nitrogens is 4. The maximum absolute atomic E-state index is 11.4. The summed E-state index contributed by atoms with van der Waals surface area (Å²) in [5.74, 6) is 0.832. The normalized spacial score (nSPS) is 10.9. The SMILES string of the molecule is CCOc1ccc(-c2cc(C)cn2-c2ccc(S(N)(=O)=O)cc2)cc1.N#Cc1ccc(C(c2ccc(C#N)cc2)n2cncn2)cc1. The first kappa shape index (κ1) is 32.4. The highest BCUT2D eigenvalue weighted by Gasteiger charge is 2.17. The molecule has 0 unspecified atom stereocenters. The number of aryl methyl sites for hydroxylation is 1. The first-order valence-electron chi connectivity index (χ1n) is 14.6. The molecule has 0 bridgehead atoms. The van der Waals surface area contributed by atoms with Gasteiger partial charge in [0.2, 0.25) is 10.0 Å². The van der Waals surface area contributed by atoms with Gasteiger partial charge in [0.1, 0.15) is 24.4 Å². The second kappa shape index (κ2) is 14.4. The van der Waals surface area contributed by atoms with Crippen LogP contribution in [-0.2, 0) is 10.0 Å². The van der Waals surface area contributed by atoms with Crippen LogP contribution in [0.3, 0.4) is 0 Å². The Morgan fingerprint density at radius 3 is 1.89 bits per heavy atom. The van der Waals surface area contributed by atoms with E-state index in [1.54, 1.807) is 47.4 Å². The van der Waals surface area contributed by atoms with Gasteiger partial charge in [-0.15, -0.1) is 0 Å². The molecule has 0 atom stereocenters. The van der Waals surface area contributed by atoms with Gasteiger partial charge in [-0.05, 0) is 115 Å². The quantitative estimate of drug-likeness (QED) is 0.209. The van der Waals surface area contributed by atoms with E-state index < -0.39 is 10.0 Å². The van der Waals surface area contributed by atoms with E-state index >= 15 is 0 Å². The highest BCUT2D eigenvalue weighted by Crippen LogP contribution is 2.29. The zero-order valence-corrected chi connectivity index (χ0v) is 26.5. The molecule has 6 aromatic rings. The molecule has 0 amide bonds. The van der Waals surface area contributed by atoms with E-state index in [9.17, 15) is 8.42 Å². The minimum atomic E-state index is -3.69. The molecular weight excluding hydrogens is 611 g/mol. The number of nitrogens with two attached hydrogens (primary N) is 1. The van der Waals surface area contributed by atoms with Crippen molar-refractivity contribution in [2.45, 2.75) is 24.8 Å². The van der Waals surface area contributed by atoms with Crippen molar-refractivity contribution in [1.82, 2.24) is 19.3 Å². The molecule has 234 valence electrons. The van der Waals surface area contributed by atoms with Crippen LogP contribution in [0, 0.1) is 29.6 Å². The Morgan fingerprint density at radius 1 is 0.851 bits per heavy atom. The summed E-state index contributed by atoms with van der Waals surface area (Å²) < 4.78 is 32.1. The predicted molar refractivity (Wildman–Crippen MR) is 178 cm³/mol. The number of primary sulfonamides is 1. The van der Waals surface area contributed by atoms with Crippen LogP contribution in [-0.4, -0.2) is 34.4 Å². The Morgan fingerprint density at radius 2 is 1.43 bits per heavy atom. The van der Waals surface area contributed by atoms with Crippen LogP contribution in [0.4, 0.5) is 0 Å². The molecule has 0 aliphatic heterocycles. The molecule has 0 saturated carbocycles. The maximum atomic E-state index is 11.4. The van der Waals surface area contributed by atoms with Gasteiger partial charge in [-0.25, -0.2) is 23.2 Å². The van der Waals surface area contributed by atoms with Crippen molar-refractivity contribution < 1.29 is 13.2 Å². The van der Waals surface area contributed by atoms with Crippen LogP contribution in [0.5, 0.6) is 5.75 Å². The van der Waals surface area contributed by atoms with Crippen LogP contribution in [0.25, 0.3) is 16.9 Å². The molecule has 4 aromatic carbocycles. The number of rotatable bonds is 8. The molecule has 0 radical (unpaired) electrons. The fourth-order valence-electron chi connectivity index (χ4n) is 5.05. The molecule has 0 saturated heterocycles. The number of hydrogen-bond donors (Lipinski definition) is 1. The fourth-order valence-corrected chi connectivity index (χ4v) is 5.56. The lowest BCUT2D eigenvalue weighted by Gasteiger charge is -2.18. The zero-order chi connectivity index (χ0) is 33.4. The minimum Gasteiger partial charge on any atom is -0.494 e. The molecule has 2 aromatic heterocycles. The second-order valence-corrected chi connectivity index (χ2v) is 12.1. The monoisotopic (exact) mass is 641 g/mol. The van der Waals surface area contributed by atoms with E-state index in [1.807, 2.05) is 73.1 Å². The number of nitrogens with zero attached hydrogens (tertiary/aromatic N) is 6. The maximum Gasteiger partial charge on any atom is 0.238 e. The summed E-state index contributed by atoms with van der Waals surface area (Å²) in [4.78, 5) is 4.11. The second-order valence-electron chi connectivity index (χ2n) is 10.5. The van der Waals surface area contributed by atoms with Crippen molar-refractivity contribution in [3.8, 4) is 34.8 Å². The molecule has 0 spiro atoms. The van der Waals surface area contributed by atoms with Crippen molar-refractivity contribution in [1.29, 1.82) is 10.5 Å². The number of hydrogen-bond acceptors (Lipinski definition) is 7. The summed E-state index contributed by atoms with van der Waals surface area (Å²) in [6.07, 6.45) is 5.15. The zero-order valence-electron chi connectivity index (χ0n) is 25.7. The average molecular weight is 642 g/mol. The van der Waals surface area contributed by atoms with Gasteiger partial charge in [0, 0.05) is 11.9 Å². The number of sulfonamides is 1. The standard InChI is InChI=1S/C19H20N2O3S.C17H11N5/c1-3-24-17-8-4-15(5-9-17)19-12-14(2)13-21(19)16-6-10-18(11-7-16)25(20,22)23;18-9-13-1-5-15(6-2-13)17(22-12-20-11-21-22)16-7-3-14(10-19)4-8-16/h4-13H,3H2,1-2H3,(H2,20,22,23);1-8,11-12,17H. The van der Waals surface area contributed by atoms with E-state index in [4.69, 9.17) is 20.4 Å². The molecule has 2 heterocycles. The van der Waals surface area contributed by atoms with E-state index in [0.29, 0.717) is 17.7 Å². The smallest absolute Gasteiger partial charge is 0.238 e. The Bertz CT molecular complexity index is 2070. The van der Waals surface area contributed by atoms with Gasteiger partial charge in [-0.2, -0.15) is 15.6 Å². The summed E-state index contributed by atoms with van der Waals surface area (Å²) in [6.45, 7) is 4.60. The number of benzene rings is 4. The molecule has 2 N–H and O–H groups in total.